The quantitative estimate of drug-likeness (QED) is 0.485. The lowest BCUT2D eigenvalue weighted by molar-refractivity contribution is 0.103. The van der Waals surface area contributed by atoms with Crippen molar-refractivity contribution in [2.75, 3.05) is 0 Å². The zero-order valence-electron chi connectivity index (χ0n) is 10.2. The first kappa shape index (κ1) is 14.4. The molecular formula is C13H6Br2N2O3S. The average Bonchev–Trinajstić information content (AvgIpc) is 2.78. The summed E-state index contributed by atoms with van der Waals surface area (Å²) in [6.07, 6.45) is 0. The van der Waals surface area contributed by atoms with Crippen LogP contribution in [0.2, 0.25) is 0 Å². The van der Waals surface area contributed by atoms with Crippen LogP contribution < -0.4 is 11.1 Å². The molecule has 0 spiro atoms. The van der Waals surface area contributed by atoms with Gasteiger partial charge in [-0.15, -0.1) is 11.3 Å². The predicted octanol–water partition coefficient (Wildman–Crippen LogP) is 3.03. The maximum atomic E-state index is 12.5. The predicted molar refractivity (Wildman–Crippen MR) is 88.3 cm³/mol. The molecule has 0 aliphatic heterocycles. The van der Waals surface area contributed by atoms with Gasteiger partial charge in [0.05, 0.1) is 18.6 Å². The van der Waals surface area contributed by atoms with E-state index in [4.69, 9.17) is 0 Å². The van der Waals surface area contributed by atoms with Crippen molar-refractivity contribution >= 4 is 60.0 Å². The Hall–Kier alpha value is -1.51. The molecule has 0 saturated heterocycles. The van der Waals surface area contributed by atoms with Crippen LogP contribution in [0.5, 0.6) is 0 Å². The number of H-pyrrole nitrogens is 2. The van der Waals surface area contributed by atoms with Gasteiger partial charge in [-0.3, -0.25) is 14.4 Å². The number of carbonyl (C=O) groups excluding carboxylic acids is 1. The molecule has 0 aliphatic rings. The fourth-order valence-electron chi connectivity index (χ4n) is 1.91. The second kappa shape index (κ2) is 5.36. The zero-order chi connectivity index (χ0) is 15.1. The van der Waals surface area contributed by atoms with Crippen molar-refractivity contribution in [1.82, 2.24) is 9.97 Å². The molecule has 2 aromatic heterocycles. The number of halogens is 2. The molecular weight excluding hydrogens is 424 g/mol. The monoisotopic (exact) mass is 428 g/mol. The smallest absolute Gasteiger partial charge is 0.314 e. The number of carbonyl (C=O) groups is 1. The number of ketones is 1. The summed E-state index contributed by atoms with van der Waals surface area (Å²) in [5.41, 5.74) is 0.393. The molecule has 0 atom stereocenters. The van der Waals surface area contributed by atoms with Crippen LogP contribution in [-0.2, 0) is 0 Å². The largest absolute Gasteiger partial charge is 0.316 e. The van der Waals surface area contributed by atoms with Gasteiger partial charge in [-0.05, 0) is 56.1 Å². The Bertz CT molecular complexity index is 987. The van der Waals surface area contributed by atoms with Gasteiger partial charge in [-0.1, -0.05) is 0 Å². The second-order valence-electron chi connectivity index (χ2n) is 4.24. The molecule has 5 nitrogen and oxygen atoms in total. The minimum Gasteiger partial charge on any atom is -0.316 e. The fourth-order valence-corrected chi connectivity index (χ4v) is 4.70. The number of hydrogen-bond acceptors (Lipinski definition) is 4. The molecule has 2 heterocycles. The minimum absolute atomic E-state index is 0.169. The Morgan fingerprint density at radius 2 is 1.67 bits per heavy atom. The van der Waals surface area contributed by atoms with Crippen LogP contribution in [0.3, 0.4) is 0 Å². The lowest BCUT2D eigenvalue weighted by Crippen LogP contribution is -2.28. The number of thiophene rings is 1. The van der Waals surface area contributed by atoms with Crippen molar-refractivity contribution in [2.24, 2.45) is 0 Å². The van der Waals surface area contributed by atoms with Crippen molar-refractivity contribution < 1.29 is 4.79 Å². The SMILES string of the molecule is O=C(c1ccc2[nH]c(=O)c(=O)[nH]c2c1)c1cc(Br)sc1Br. The molecule has 1 aromatic carbocycles. The Labute approximate surface area is 138 Å². The third kappa shape index (κ3) is 2.66. The third-order valence-electron chi connectivity index (χ3n) is 2.89. The second-order valence-corrected chi connectivity index (χ2v) is 7.98. The van der Waals surface area contributed by atoms with E-state index in [1.165, 1.54) is 11.3 Å². The maximum absolute atomic E-state index is 12.5. The van der Waals surface area contributed by atoms with Crippen molar-refractivity contribution in [3.8, 4) is 0 Å². The number of aromatic amines is 2. The van der Waals surface area contributed by atoms with Crippen molar-refractivity contribution in [3.05, 3.63) is 63.7 Å². The van der Waals surface area contributed by atoms with Crippen molar-refractivity contribution in [2.45, 2.75) is 0 Å². The van der Waals surface area contributed by atoms with Gasteiger partial charge >= 0.3 is 11.1 Å². The van der Waals surface area contributed by atoms with Crippen LogP contribution in [-0.4, -0.2) is 15.8 Å². The van der Waals surface area contributed by atoms with Crippen LogP contribution in [0.15, 0.2) is 41.4 Å². The summed E-state index contributed by atoms with van der Waals surface area (Å²) in [5.74, 6) is -0.169. The Morgan fingerprint density at radius 3 is 2.29 bits per heavy atom. The van der Waals surface area contributed by atoms with Crippen LogP contribution in [0.25, 0.3) is 11.0 Å². The average molecular weight is 430 g/mol. The third-order valence-corrected chi connectivity index (χ3v) is 5.22. The maximum Gasteiger partial charge on any atom is 0.314 e. The number of nitrogens with one attached hydrogen (secondary N) is 2. The number of aromatic nitrogens is 2. The zero-order valence-corrected chi connectivity index (χ0v) is 14.2. The van der Waals surface area contributed by atoms with Gasteiger partial charge in [0, 0.05) is 11.1 Å². The molecule has 8 heteroatoms. The van der Waals surface area contributed by atoms with E-state index in [1.807, 2.05) is 0 Å². The fraction of sp³-hybridized carbons (Fsp3) is 0. The molecule has 3 rings (SSSR count). The molecule has 0 amide bonds. The van der Waals surface area contributed by atoms with E-state index >= 15 is 0 Å². The highest BCUT2D eigenvalue weighted by Gasteiger charge is 2.16. The van der Waals surface area contributed by atoms with E-state index < -0.39 is 11.1 Å². The molecule has 21 heavy (non-hydrogen) atoms. The van der Waals surface area contributed by atoms with E-state index in [0.29, 0.717) is 22.2 Å². The highest BCUT2D eigenvalue weighted by molar-refractivity contribution is 9.12. The van der Waals surface area contributed by atoms with Gasteiger partial charge in [0.1, 0.15) is 0 Å². The first-order valence-electron chi connectivity index (χ1n) is 5.71. The highest BCUT2D eigenvalue weighted by atomic mass is 79.9. The van der Waals surface area contributed by atoms with Crippen molar-refractivity contribution in [3.63, 3.8) is 0 Å². The number of rotatable bonds is 2. The summed E-state index contributed by atoms with van der Waals surface area (Å²) in [7, 11) is 0. The molecule has 106 valence electrons. The number of benzene rings is 1. The first-order chi connectivity index (χ1) is 9.95. The Balaban J connectivity index is 2.15. The van der Waals surface area contributed by atoms with Crippen LogP contribution in [0.4, 0.5) is 0 Å². The molecule has 0 fully saturated rings. The summed E-state index contributed by atoms with van der Waals surface area (Å²) < 4.78 is 1.57. The summed E-state index contributed by atoms with van der Waals surface area (Å²) >= 11 is 8.09. The van der Waals surface area contributed by atoms with Crippen LogP contribution in [0.1, 0.15) is 15.9 Å². The normalized spacial score (nSPS) is 11.0. The van der Waals surface area contributed by atoms with Gasteiger partial charge in [-0.2, -0.15) is 0 Å². The van der Waals surface area contributed by atoms with Gasteiger partial charge in [0.25, 0.3) is 0 Å². The standard InChI is InChI=1S/C13H6Br2N2O3S/c14-9-4-6(11(15)21-9)10(18)5-1-2-7-8(3-5)17-13(20)12(19)16-7/h1-4H,(H,16,19)(H,17,20). The summed E-state index contributed by atoms with van der Waals surface area (Å²) in [6, 6.07) is 6.48. The lowest BCUT2D eigenvalue weighted by Gasteiger charge is -2.02. The minimum atomic E-state index is -0.744. The first-order valence-corrected chi connectivity index (χ1v) is 8.12. The van der Waals surface area contributed by atoms with E-state index in [1.54, 1.807) is 24.3 Å². The van der Waals surface area contributed by atoms with Gasteiger partial charge in [0.2, 0.25) is 0 Å². The van der Waals surface area contributed by atoms with Gasteiger partial charge < -0.3 is 9.97 Å². The number of hydrogen-bond donors (Lipinski definition) is 2. The van der Waals surface area contributed by atoms with E-state index in [9.17, 15) is 14.4 Å². The molecule has 0 saturated carbocycles. The van der Waals surface area contributed by atoms with Gasteiger partial charge in [0.15, 0.2) is 5.78 Å². The Kier molecular flexibility index (Phi) is 3.68. The molecule has 0 aliphatic carbocycles. The van der Waals surface area contributed by atoms with Crippen molar-refractivity contribution in [1.29, 1.82) is 0 Å². The lowest BCUT2D eigenvalue weighted by atomic mass is 10.1. The van der Waals surface area contributed by atoms with E-state index in [2.05, 4.69) is 41.8 Å². The molecule has 0 radical (unpaired) electrons. The van der Waals surface area contributed by atoms with E-state index in [-0.39, 0.29) is 5.78 Å². The van der Waals surface area contributed by atoms with Gasteiger partial charge in [-0.25, -0.2) is 0 Å². The summed E-state index contributed by atoms with van der Waals surface area (Å²) in [5, 5.41) is 0. The molecule has 0 unspecified atom stereocenters. The van der Waals surface area contributed by atoms with E-state index in [0.717, 1.165) is 7.57 Å². The molecule has 0 bridgehead atoms. The summed E-state index contributed by atoms with van der Waals surface area (Å²) in [6.45, 7) is 0. The Morgan fingerprint density at radius 1 is 1.00 bits per heavy atom. The van der Waals surface area contributed by atoms with Crippen LogP contribution in [0, 0.1) is 0 Å². The topological polar surface area (TPSA) is 82.8 Å². The number of fused-ring (bicyclic) bond motifs is 1. The summed E-state index contributed by atoms with van der Waals surface area (Å²) in [4.78, 5) is 40.0. The molecule has 3 aromatic rings. The van der Waals surface area contributed by atoms with Crippen LogP contribution >= 0.6 is 43.2 Å². The highest BCUT2D eigenvalue weighted by Crippen LogP contribution is 2.33. The molecule has 2 N–H and O–H groups in total.